The molecule has 1 atom stereocenters. The van der Waals surface area contributed by atoms with Crippen LogP contribution in [0.5, 0.6) is 0 Å². The van der Waals surface area contributed by atoms with Crippen molar-refractivity contribution in [1.29, 1.82) is 0 Å². The second-order valence-electron chi connectivity index (χ2n) is 3.93. The van der Waals surface area contributed by atoms with Crippen molar-refractivity contribution in [1.82, 2.24) is 0 Å². The highest BCUT2D eigenvalue weighted by molar-refractivity contribution is 6.33. The number of hydrogen-bond donors (Lipinski definition) is 0. The summed E-state index contributed by atoms with van der Waals surface area (Å²) in [6, 6.07) is 11.7. The van der Waals surface area contributed by atoms with Gasteiger partial charge in [0, 0.05) is 10.0 Å². The van der Waals surface area contributed by atoms with Crippen molar-refractivity contribution in [3.8, 4) is 0 Å². The van der Waals surface area contributed by atoms with Gasteiger partial charge in [0.05, 0.1) is 5.38 Å². The average molecular weight is 304 g/mol. The fourth-order valence-electron chi connectivity index (χ4n) is 1.72. The maximum atomic E-state index is 13.0. The highest BCUT2D eigenvalue weighted by atomic mass is 35.5. The number of halogens is 4. The second kappa shape index (κ2) is 5.92. The molecular formula is C14H10Cl3F. The van der Waals surface area contributed by atoms with Gasteiger partial charge in [0.25, 0.3) is 0 Å². The monoisotopic (exact) mass is 302 g/mol. The summed E-state index contributed by atoms with van der Waals surface area (Å²) in [7, 11) is 0. The van der Waals surface area contributed by atoms with Gasteiger partial charge in [-0.2, -0.15) is 0 Å². The third-order valence-corrected chi connectivity index (χ3v) is 3.74. The van der Waals surface area contributed by atoms with Crippen LogP contribution in [0, 0.1) is 5.82 Å². The number of hydrogen-bond acceptors (Lipinski definition) is 0. The molecule has 2 aromatic rings. The summed E-state index contributed by atoms with van der Waals surface area (Å²) in [6.45, 7) is 0. The Bertz CT molecular complexity index is 554. The van der Waals surface area contributed by atoms with Crippen molar-refractivity contribution in [3.63, 3.8) is 0 Å². The maximum Gasteiger partial charge on any atom is 0.124 e. The molecule has 18 heavy (non-hydrogen) atoms. The lowest BCUT2D eigenvalue weighted by Gasteiger charge is -2.12. The van der Waals surface area contributed by atoms with Crippen LogP contribution >= 0.6 is 34.8 Å². The van der Waals surface area contributed by atoms with E-state index in [-0.39, 0.29) is 11.2 Å². The lowest BCUT2D eigenvalue weighted by molar-refractivity contribution is 0.627. The molecule has 0 saturated carbocycles. The SMILES string of the molecule is Fc1ccc(C(Cl)Cc2ccccc2Cl)c(Cl)c1. The van der Waals surface area contributed by atoms with Gasteiger partial charge in [-0.05, 0) is 35.7 Å². The van der Waals surface area contributed by atoms with Gasteiger partial charge in [-0.3, -0.25) is 0 Å². The molecule has 2 rings (SSSR count). The zero-order valence-corrected chi connectivity index (χ0v) is 11.6. The Kier molecular flexibility index (Phi) is 4.50. The predicted molar refractivity (Wildman–Crippen MR) is 75.2 cm³/mol. The topological polar surface area (TPSA) is 0 Å². The van der Waals surface area contributed by atoms with Crippen LogP contribution in [0.4, 0.5) is 4.39 Å². The zero-order chi connectivity index (χ0) is 13.1. The Hall–Kier alpha value is -0.760. The van der Waals surface area contributed by atoms with Crippen molar-refractivity contribution in [2.45, 2.75) is 11.8 Å². The molecule has 0 heterocycles. The molecule has 0 aromatic heterocycles. The van der Waals surface area contributed by atoms with Crippen molar-refractivity contribution < 1.29 is 4.39 Å². The summed E-state index contributed by atoms with van der Waals surface area (Å²) in [5.41, 5.74) is 1.65. The quantitative estimate of drug-likeness (QED) is 0.642. The molecule has 2 aromatic carbocycles. The van der Waals surface area contributed by atoms with Crippen molar-refractivity contribution in [3.05, 3.63) is 69.5 Å². The summed E-state index contributed by atoms with van der Waals surface area (Å²) in [5, 5.41) is 0.668. The van der Waals surface area contributed by atoms with Gasteiger partial charge in [0.15, 0.2) is 0 Å². The Morgan fingerprint density at radius 2 is 1.72 bits per heavy atom. The van der Waals surface area contributed by atoms with Crippen LogP contribution in [0.15, 0.2) is 42.5 Å². The molecule has 0 aliphatic carbocycles. The lowest BCUT2D eigenvalue weighted by Crippen LogP contribution is -1.98. The van der Waals surface area contributed by atoms with E-state index in [1.165, 1.54) is 12.1 Å². The first kappa shape index (κ1) is 13.7. The molecule has 0 aliphatic heterocycles. The third kappa shape index (κ3) is 3.17. The molecule has 0 radical (unpaired) electrons. The van der Waals surface area contributed by atoms with E-state index in [1.54, 1.807) is 6.07 Å². The summed E-state index contributed by atoms with van der Waals surface area (Å²) < 4.78 is 13.0. The normalized spacial score (nSPS) is 12.4. The van der Waals surface area contributed by atoms with Crippen molar-refractivity contribution >= 4 is 34.8 Å². The van der Waals surface area contributed by atoms with Crippen LogP contribution in [0.25, 0.3) is 0 Å². The molecular weight excluding hydrogens is 294 g/mol. The van der Waals surface area contributed by atoms with Gasteiger partial charge in [-0.25, -0.2) is 4.39 Å². The second-order valence-corrected chi connectivity index (χ2v) is 5.27. The van der Waals surface area contributed by atoms with Crippen LogP contribution in [0.1, 0.15) is 16.5 Å². The molecule has 94 valence electrons. The van der Waals surface area contributed by atoms with E-state index in [9.17, 15) is 4.39 Å². The summed E-state index contributed by atoms with van der Waals surface area (Å²) in [6.07, 6.45) is 0.548. The van der Waals surface area contributed by atoms with Gasteiger partial charge >= 0.3 is 0 Å². The molecule has 1 unspecified atom stereocenters. The van der Waals surface area contributed by atoms with E-state index in [4.69, 9.17) is 34.8 Å². The highest BCUT2D eigenvalue weighted by Gasteiger charge is 2.14. The Morgan fingerprint density at radius 1 is 1.00 bits per heavy atom. The minimum Gasteiger partial charge on any atom is -0.207 e. The van der Waals surface area contributed by atoms with Crippen LogP contribution in [-0.2, 0) is 6.42 Å². The van der Waals surface area contributed by atoms with Gasteiger partial charge in [-0.1, -0.05) is 47.5 Å². The predicted octanol–water partition coefficient (Wildman–Crippen LogP) is 5.66. The lowest BCUT2D eigenvalue weighted by atomic mass is 10.0. The Labute approximate surface area is 120 Å². The summed E-state index contributed by atoms with van der Waals surface area (Å²) >= 11 is 18.3. The Balaban J connectivity index is 2.22. The van der Waals surface area contributed by atoms with E-state index in [2.05, 4.69) is 0 Å². The number of alkyl halides is 1. The van der Waals surface area contributed by atoms with E-state index in [1.807, 2.05) is 24.3 Å². The van der Waals surface area contributed by atoms with Crippen LogP contribution in [0.2, 0.25) is 10.0 Å². The summed E-state index contributed by atoms with van der Waals surface area (Å²) in [4.78, 5) is 0. The maximum absolute atomic E-state index is 13.0. The van der Waals surface area contributed by atoms with Gasteiger partial charge < -0.3 is 0 Å². The van der Waals surface area contributed by atoms with Crippen molar-refractivity contribution in [2.75, 3.05) is 0 Å². The fraction of sp³-hybridized carbons (Fsp3) is 0.143. The van der Waals surface area contributed by atoms with E-state index in [0.717, 1.165) is 5.56 Å². The van der Waals surface area contributed by atoms with Gasteiger partial charge in [0.2, 0.25) is 0 Å². The number of benzene rings is 2. The average Bonchev–Trinajstić information content (AvgIpc) is 2.32. The van der Waals surface area contributed by atoms with Gasteiger partial charge in [0.1, 0.15) is 5.82 Å². The first-order chi connectivity index (χ1) is 8.58. The molecule has 0 spiro atoms. The molecule has 0 bridgehead atoms. The van der Waals surface area contributed by atoms with Crippen LogP contribution < -0.4 is 0 Å². The van der Waals surface area contributed by atoms with E-state index < -0.39 is 0 Å². The van der Waals surface area contributed by atoms with E-state index in [0.29, 0.717) is 22.0 Å². The standard InChI is InChI=1S/C14H10Cl3F/c15-12-4-2-1-3-9(12)7-13(16)11-6-5-10(18)8-14(11)17/h1-6,8,13H,7H2. The zero-order valence-electron chi connectivity index (χ0n) is 9.34. The van der Waals surface area contributed by atoms with E-state index >= 15 is 0 Å². The molecule has 4 heteroatoms. The highest BCUT2D eigenvalue weighted by Crippen LogP contribution is 2.32. The molecule has 0 fully saturated rings. The van der Waals surface area contributed by atoms with Crippen molar-refractivity contribution in [2.24, 2.45) is 0 Å². The minimum atomic E-state index is -0.370. The smallest absolute Gasteiger partial charge is 0.124 e. The van der Waals surface area contributed by atoms with Crippen LogP contribution in [-0.4, -0.2) is 0 Å². The first-order valence-electron chi connectivity index (χ1n) is 5.40. The molecule has 0 amide bonds. The van der Waals surface area contributed by atoms with Crippen LogP contribution in [0.3, 0.4) is 0 Å². The molecule has 0 aliphatic rings. The molecule has 0 N–H and O–H groups in total. The van der Waals surface area contributed by atoms with Gasteiger partial charge in [-0.15, -0.1) is 11.6 Å². The third-order valence-electron chi connectivity index (χ3n) is 2.66. The first-order valence-corrected chi connectivity index (χ1v) is 6.59. The minimum absolute atomic E-state index is 0.335. The molecule has 0 nitrogen and oxygen atoms in total. The fourth-order valence-corrected chi connectivity index (χ4v) is 2.65. The number of rotatable bonds is 3. The Morgan fingerprint density at radius 3 is 2.39 bits per heavy atom. The summed E-state index contributed by atoms with van der Waals surface area (Å²) in [5.74, 6) is -0.370. The largest absolute Gasteiger partial charge is 0.207 e. The molecule has 0 saturated heterocycles.